The van der Waals surface area contributed by atoms with Crippen molar-refractivity contribution in [3.63, 3.8) is 0 Å². The fourth-order valence-corrected chi connectivity index (χ4v) is 4.84. The molecule has 120 valence electrons. The van der Waals surface area contributed by atoms with E-state index in [1.165, 1.54) is 6.42 Å². The summed E-state index contributed by atoms with van der Waals surface area (Å²) in [5.41, 5.74) is 0. The summed E-state index contributed by atoms with van der Waals surface area (Å²) in [6.07, 6.45) is 8.09. The molecule has 0 aliphatic heterocycles. The van der Waals surface area contributed by atoms with Crippen LogP contribution in [0, 0.1) is 0 Å². The van der Waals surface area contributed by atoms with Crippen molar-refractivity contribution in [2.75, 3.05) is 18.6 Å². The third-order valence-corrected chi connectivity index (χ3v) is 6.31. The zero-order valence-corrected chi connectivity index (χ0v) is 14.7. The van der Waals surface area contributed by atoms with Crippen molar-refractivity contribution in [2.24, 2.45) is 0 Å². The van der Waals surface area contributed by atoms with Crippen molar-refractivity contribution in [1.29, 1.82) is 0 Å². The molecule has 0 aromatic heterocycles. The van der Waals surface area contributed by atoms with E-state index in [1.807, 2.05) is 11.8 Å². The van der Waals surface area contributed by atoms with E-state index in [-0.39, 0.29) is 11.8 Å². The monoisotopic (exact) mass is 322 g/mol. The summed E-state index contributed by atoms with van der Waals surface area (Å²) in [5.74, 6) is 0.257. The van der Waals surface area contributed by atoms with Crippen LogP contribution in [0.1, 0.15) is 52.4 Å². The van der Waals surface area contributed by atoms with Crippen LogP contribution in [0.2, 0.25) is 0 Å². The van der Waals surface area contributed by atoms with Crippen molar-refractivity contribution in [3.8, 4) is 0 Å². The van der Waals surface area contributed by atoms with Gasteiger partial charge in [-0.2, -0.15) is 11.8 Å². The van der Waals surface area contributed by atoms with E-state index in [1.54, 1.807) is 0 Å². The molecule has 20 heavy (non-hydrogen) atoms. The summed E-state index contributed by atoms with van der Waals surface area (Å²) < 4.78 is 27.0. The highest BCUT2D eigenvalue weighted by atomic mass is 32.2. The normalized spacial score (nSPS) is 24.2. The maximum atomic E-state index is 12.1. The maximum absolute atomic E-state index is 12.1. The molecule has 0 spiro atoms. The molecule has 0 saturated heterocycles. The summed E-state index contributed by atoms with van der Waals surface area (Å²) in [4.78, 5) is 0. The lowest BCUT2D eigenvalue weighted by Crippen LogP contribution is -2.40. The minimum absolute atomic E-state index is 0.153. The van der Waals surface area contributed by atoms with Crippen LogP contribution >= 0.6 is 11.8 Å². The van der Waals surface area contributed by atoms with Crippen LogP contribution in [-0.4, -0.2) is 44.3 Å². The van der Waals surface area contributed by atoms with Gasteiger partial charge in [-0.3, -0.25) is 0 Å². The lowest BCUT2D eigenvalue weighted by atomic mass is 9.96. The molecule has 0 heterocycles. The predicted molar refractivity (Wildman–Crippen MR) is 88.9 cm³/mol. The second-order valence-electron chi connectivity index (χ2n) is 5.97. The average molecular weight is 323 g/mol. The first-order valence-electron chi connectivity index (χ1n) is 7.69. The van der Waals surface area contributed by atoms with Gasteiger partial charge in [0.05, 0.1) is 5.75 Å². The van der Waals surface area contributed by atoms with Gasteiger partial charge in [-0.05, 0) is 44.9 Å². The Hall–Kier alpha value is 0.220. The predicted octanol–water partition coefficient (Wildman–Crippen LogP) is 2.36. The van der Waals surface area contributed by atoms with Gasteiger partial charge in [0.2, 0.25) is 10.0 Å². The molecule has 1 saturated carbocycles. The molecule has 1 aliphatic rings. The highest BCUT2D eigenvalue weighted by molar-refractivity contribution is 7.99. The highest BCUT2D eigenvalue weighted by Crippen LogP contribution is 2.27. The number of unbranched alkanes of at least 4 members (excludes halogenated alkanes) is 1. The van der Waals surface area contributed by atoms with Crippen molar-refractivity contribution in [2.45, 2.75) is 69.7 Å². The van der Waals surface area contributed by atoms with E-state index in [9.17, 15) is 8.42 Å². The molecule has 0 bridgehead atoms. The Bertz CT molecular complexity index is 358. The third kappa shape index (κ3) is 7.86. The molecule has 2 N–H and O–H groups in total. The summed E-state index contributed by atoms with van der Waals surface area (Å²) in [7, 11) is -3.10. The Kier molecular flexibility index (Phi) is 8.48. The first kappa shape index (κ1) is 18.3. The topological polar surface area (TPSA) is 58.2 Å². The Morgan fingerprint density at radius 1 is 1.25 bits per heavy atom. The highest BCUT2D eigenvalue weighted by Gasteiger charge is 2.24. The van der Waals surface area contributed by atoms with Crippen LogP contribution in [0.3, 0.4) is 0 Å². The molecule has 1 fully saturated rings. The van der Waals surface area contributed by atoms with Crippen molar-refractivity contribution < 1.29 is 8.42 Å². The number of hydrogen-bond acceptors (Lipinski definition) is 4. The SMILES string of the molecule is CSC1CCCC(NS(=O)(=O)CCCCNC(C)C)C1. The quantitative estimate of drug-likeness (QED) is 0.640. The van der Waals surface area contributed by atoms with Crippen molar-refractivity contribution in [1.82, 2.24) is 10.0 Å². The lowest BCUT2D eigenvalue weighted by molar-refractivity contribution is 0.420. The van der Waals surface area contributed by atoms with Crippen LogP contribution in [-0.2, 0) is 10.0 Å². The largest absolute Gasteiger partial charge is 0.315 e. The molecule has 0 aromatic carbocycles. The molecular weight excluding hydrogens is 292 g/mol. The van der Waals surface area contributed by atoms with Crippen LogP contribution in [0.25, 0.3) is 0 Å². The summed E-state index contributed by atoms with van der Waals surface area (Å²) in [5, 5.41) is 3.93. The smallest absolute Gasteiger partial charge is 0.211 e. The number of rotatable bonds is 9. The Morgan fingerprint density at radius 3 is 2.65 bits per heavy atom. The average Bonchev–Trinajstić information content (AvgIpc) is 2.37. The molecule has 1 aliphatic carbocycles. The third-order valence-electron chi connectivity index (χ3n) is 3.70. The zero-order chi connectivity index (χ0) is 15.0. The van der Waals surface area contributed by atoms with Gasteiger partial charge in [0, 0.05) is 17.3 Å². The standard InChI is InChI=1S/C14H30N2O2S2/c1-12(2)15-9-4-5-10-20(17,18)16-13-7-6-8-14(11-13)19-3/h12-16H,4-11H2,1-3H3. The van der Waals surface area contributed by atoms with E-state index in [2.05, 4.69) is 30.1 Å². The summed E-state index contributed by atoms with van der Waals surface area (Å²) in [6, 6.07) is 0.621. The number of thioether (sulfide) groups is 1. The molecule has 4 nitrogen and oxygen atoms in total. The van der Waals surface area contributed by atoms with E-state index in [0.29, 0.717) is 11.3 Å². The lowest BCUT2D eigenvalue weighted by Gasteiger charge is -2.28. The molecule has 0 aromatic rings. The Morgan fingerprint density at radius 2 is 2.00 bits per heavy atom. The van der Waals surface area contributed by atoms with E-state index < -0.39 is 10.0 Å². The summed E-state index contributed by atoms with van der Waals surface area (Å²) in [6.45, 7) is 5.10. The van der Waals surface area contributed by atoms with Crippen LogP contribution in [0.5, 0.6) is 0 Å². The van der Waals surface area contributed by atoms with Gasteiger partial charge in [-0.1, -0.05) is 20.3 Å². The second-order valence-corrected chi connectivity index (χ2v) is 8.99. The molecular formula is C14H30N2O2S2. The minimum atomic E-state index is -3.10. The number of sulfonamides is 1. The minimum Gasteiger partial charge on any atom is -0.315 e. The van der Waals surface area contributed by atoms with Gasteiger partial charge in [0.1, 0.15) is 0 Å². The first-order chi connectivity index (χ1) is 9.43. The van der Waals surface area contributed by atoms with Gasteiger partial charge in [-0.15, -0.1) is 0 Å². The van der Waals surface area contributed by atoms with Gasteiger partial charge in [-0.25, -0.2) is 13.1 Å². The Labute approximate surface area is 128 Å². The number of nitrogens with one attached hydrogen (secondary N) is 2. The first-order valence-corrected chi connectivity index (χ1v) is 10.6. The summed E-state index contributed by atoms with van der Waals surface area (Å²) >= 11 is 1.86. The molecule has 2 atom stereocenters. The fourth-order valence-electron chi connectivity index (χ4n) is 2.59. The fraction of sp³-hybridized carbons (Fsp3) is 1.00. The molecule has 2 unspecified atom stereocenters. The molecule has 0 radical (unpaired) electrons. The van der Waals surface area contributed by atoms with Gasteiger partial charge in [0.25, 0.3) is 0 Å². The van der Waals surface area contributed by atoms with Crippen molar-refractivity contribution >= 4 is 21.8 Å². The Balaban J connectivity index is 2.23. The van der Waals surface area contributed by atoms with Gasteiger partial charge >= 0.3 is 0 Å². The van der Waals surface area contributed by atoms with Crippen LogP contribution < -0.4 is 10.0 Å². The van der Waals surface area contributed by atoms with Gasteiger partial charge < -0.3 is 5.32 Å². The van der Waals surface area contributed by atoms with Crippen molar-refractivity contribution in [3.05, 3.63) is 0 Å². The zero-order valence-electron chi connectivity index (χ0n) is 13.0. The van der Waals surface area contributed by atoms with Crippen LogP contribution in [0.15, 0.2) is 0 Å². The van der Waals surface area contributed by atoms with E-state index >= 15 is 0 Å². The molecule has 0 amide bonds. The van der Waals surface area contributed by atoms with E-state index in [0.717, 1.165) is 38.6 Å². The number of hydrogen-bond donors (Lipinski definition) is 2. The molecule has 1 rings (SSSR count). The van der Waals surface area contributed by atoms with E-state index in [4.69, 9.17) is 0 Å². The maximum Gasteiger partial charge on any atom is 0.211 e. The van der Waals surface area contributed by atoms with Crippen LogP contribution in [0.4, 0.5) is 0 Å². The van der Waals surface area contributed by atoms with Gasteiger partial charge in [0.15, 0.2) is 0 Å². The second kappa shape index (κ2) is 9.28. The molecule has 6 heteroatoms.